The van der Waals surface area contributed by atoms with E-state index in [0.717, 1.165) is 42.0 Å². The third kappa shape index (κ3) is 5.23. The molecule has 5 nitrogen and oxygen atoms in total. The van der Waals surface area contributed by atoms with Crippen LogP contribution in [0.3, 0.4) is 0 Å². The van der Waals surface area contributed by atoms with Crippen molar-refractivity contribution in [3.63, 3.8) is 0 Å². The number of aromatic amines is 1. The van der Waals surface area contributed by atoms with E-state index < -0.39 is 5.97 Å². The van der Waals surface area contributed by atoms with Gasteiger partial charge in [-0.05, 0) is 47.4 Å². The molecule has 2 aromatic carbocycles. The first-order chi connectivity index (χ1) is 14.1. The molecule has 0 amide bonds. The number of H-pyrrole nitrogens is 1. The molecule has 29 heavy (non-hydrogen) atoms. The van der Waals surface area contributed by atoms with Crippen LogP contribution in [0, 0.1) is 0 Å². The van der Waals surface area contributed by atoms with E-state index in [2.05, 4.69) is 21.8 Å². The second kappa shape index (κ2) is 9.89. The number of aromatic nitrogens is 3. The van der Waals surface area contributed by atoms with Crippen LogP contribution in [0.15, 0.2) is 61.2 Å². The van der Waals surface area contributed by atoms with Crippen molar-refractivity contribution in [1.29, 1.82) is 0 Å². The van der Waals surface area contributed by atoms with Gasteiger partial charge in [0, 0.05) is 12.3 Å². The lowest BCUT2D eigenvalue weighted by Crippen LogP contribution is -2.02. The minimum atomic E-state index is -0.929. The fourth-order valence-electron chi connectivity index (χ4n) is 3.28. The van der Waals surface area contributed by atoms with Gasteiger partial charge in [0.25, 0.3) is 0 Å². The van der Waals surface area contributed by atoms with Gasteiger partial charge >= 0.3 is 5.97 Å². The number of carboxylic acid groups (broad SMARTS) is 1. The van der Waals surface area contributed by atoms with E-state index in [4.69, 9.17) is 12.2 Å². The Bertz CT molecular complexity index is 995. The van der Waals surface area contributed by atoms with Gasteiger partial charge < -0.3 is 5.11 Å². The molecule has 1 heterocycles. The van der Waals surface area contributed by atoms with E-state index in [0.29, 0.717) is 17.5 Å². The number of allylic oxidation sites excluding steroid dienone is 1. The number of hydrogen-bond donors (Lipinski definition) is 2. The van der Waals surface area contributed by atoms with Crippen molar-refractivity contribution >= 4 is 23.6 Å². The highest BCUT2D eigenvalue weighted by atomic mass is 32.1. The van der Waals surface area contributed by atoms with Crippen LogP contribution in [0.4, 0.5) is 0 Å². The van der Waals surface area contributed by atoms with Crippen LogP contribution in [-0.2, 0) is 6.42 Å². The van der Waals surface area contributed by atoms with Gasteiger partial charge in [-0.3, -0.25) is 5.10 Å². The molecule has 2 N–H and O–H groups in total. The van der Waals surface area contributed by atoms with Crippen molar-refractivity contribution in [2.75, 3.05) is 0 Å². The summed E-state index contributed by atoms with van der Waals surface area (Å²) in [5, 5.41) is 18.5. The molecule has 6 heteroatoms. The fraction of sp³-hybridized carbons (Fsp3) is 0.217. The summed E-state index contributed by atoms with van der Waals surface area (Å²) in [6.45, 7) is 3.77. The average molecular weight is 406 g/mol. The lowest BCUT2D eigenvalue weighted by atomic mass is 9.98. The average Bonchev–Trinajstić information content (AvgIpc) is 3.20. The Kier molecular flexibility index (Phi) is 7.03. The number of hydrogen-bond acceptors (Lipinski definition) is 4. The Morgan fingerprint density at radius 2 is 1.97 bits per heavy atom. The predicted molar refractivity (Wildman–Crippen MR) is 118 cm³/mol. The molecular weight excluding hydrogens is 382 g/mol. The topological polar surface area (TPSA) is 78.9 Å². The van der Waals surface area contributed by atoms with E-state index in [9.17, 15) is 9.90 Å². The molecule has 0 aliphatic heterocycles. The van der Waals surface area contributed by atoms with Crippen molar-refractivity contribution in [3.05, 3.63) is 84.0 Å². The maximum atomic E-state index is 11.4. The van der Waals surface area contributed by atoms with Crippen LogP contribution in [0.1, 0.15) is 52.8 Å². The first-order valence-electron chi connectivity index (χ1n) is 9.49. The van der Waals surface area contributed by atoms with Gasteiger partial charge in [-0.2, -0.15) is 5.10 Å². The molecule has 0 aliphatic rings. The highest BCUT2D eigenvalue weighted by Crippen LogP contribution is 2.25. The summed E-state index contributed by atoms with van der Waals surface area (Å²) in [6.07, 6.45) is 5.11. The van der Waals surface area contributed by atoms with E-state index in [1.165, 1.54) is 0 Å². The summed E-state index contributed by atoms with van der Waals surface area (Å²) >= 11 is 5.01. The molecule has 0 aliphatic carbocycles. The first-order valence-corrected chi connectivity index (χ1v) is 9.97. The SMILES string of the molecule is C=CCCC(CC=S)c1n[nH]c(Cc2ccc(-c3ccccc3C(=O)O)cc2)n1. The molecule has 0 saturated carbocycles. The third-order valence-electron chi connectivity index (χ3n) is 4.81. The Balaban J connectivity index is 1.74. The Labute approximate surface area is 175 Å². The maximum absolute atomic E-state index is 11.4. The minimum absolute atomic E-state index is 0.199. The quantitative estimate of drug-likeness (QED) is 0.358. The van der Waals surface area contributed by atoms with Gasteiger partial charge in [-0.15, -0.1) is 6.58 Å². The minimum Gasteiger partial charge on any atom is -0.478 e. The van der Waals surface area contributed by atoms with Gasteiger partial charge in [-0.1, -0.05) is 60.8 Å². The molecule has 1 unspecified atom stereocenters. The van der Waals surface area contributed by atoms with Crippen LogP contribution >= 0.6 is 12.2 Å². The van der Waals surface area contributed by atoms with E-state index >= 15 is 0 Å². The third-order valence-corrected chi connectivity index (χ3v) is 5.00. The van der Waals surface area contributed by atoms with Crippen molar-refractivity contribution in [2.24, 2.45) is 0 Å². The normalized spacial score (nSPS) is 11.7. The molecule has 3 aromatic rings. The maximum Gasteiger partial charge on any atom is 0.336 e. The summed E-state index contributed by atoms with van der Waals surface area (Å²) in [5.74, 6) is 0.855. The number of nitrogens with zero attached hydrogens (tertiary/aromatic N) is 2. The molecule has 1 aromatic heterocycles. The Hall–Kier alpha value is -3.12. The summed E-state index contributed by atoms with van der Waals surface area (Å²) in [5.41, 5.74) is 2.94. The lowest BCUT2D eigenvalue weighted by molar-refractivity contribution is 0.0697. The Morgan fingerprint density at radius 1 is 1.21 bits per heavy atom. The van der Waals surface area contributed by atoms with Crippen LogP contribution in [-0.4, -0.2) is 31.6 Å². The number of aromatic carboxylic acids is 1. The highest BCUT2D eigenvalue weighted by molar-refractivity contribution is 7.78. The van der Waals surface area contributed by atoms with E-state index in [1.54, 1.807) is 17.5 Å². The van der Waals surface area contributed by atoms with Crippen molar-refractivity contribution in [1.82, 2.24) is 15.2 Å². The molecule has 0 bridgehead atoms. The van der Waals surface area contributed by atoms with E-state index in [1.807, 2.05) is 42.5 Å². The van der Waals surface area contributed by atoms with Crippen molar-refractivity contribution in [2.45, 2.75) is 31.6 Å². The predicted octanol–water partition coefficient (Wildman–Crippen LogP) is 5.20. The number of nitrogens with one attached hydrogen (secondary N) is 1. The summed E-state index contributed by atoms with van der Waals surface area (Å²) in [4.78, 5) is 16.1. The molecule has 0 spiro atoms. The van der Waals surface area contributed by atoms with Gasteiger partial charge in [0.1, 0.15) is 5.82 Å². The first kappa shape index (κ1) is 20.6. The van der Waals surface area contributed by atoms with E-state index in [-0.39, 0.29) is 5.92 Å². The Morgan fingerprint density at radius 3 is 2.66 bits per heavy atom. The van der Waals surface area contributed by atoms with Gasteiger partial charge in [0.05, 0.1) is 5.56 Å². The number of carbonyl (C=O) groups is 1. The van der Waals surface area contributed by atoms with Gasteiger partial charge in [0.15, 0.2) is 5.82 Å². The second-order valence-corrected chi connectivity index (χ2v) is 7.16. The number of benzene rings is 2. The van der Waals surface area contributed by atoms with Crippen LogP contribution < -0.4 is 0 Å². The van der Waals surface area contributed by atoms with Crippen molar-refractivity contribution in [3.8, 4) is 11.1 Å². The number of thiocarbonyl (C=S) groups is 1. The van der Waals surface area contributed by atoms with Gasteiger partial charge in [-0.25, -0.2) is 9.78 Å². The molecular formula is C23H23N3O2S. The summed E-state index contributed by atoms with van der Waals surface area (Å²) in [7, 11) is 0. The largest absolute Gasteiger partial charge is 0.478 e. The zero-order valence-corrected chi connectivity index (χ0v) is 16.9. The van der Waals surface area contributed by atoms with Gasteiger partial charge in [0.2, 0.25) is 0 Å². The smallest absolute Gasteiger partial charge is 0.336 e. The van der Waals surface area contributed by atoms with Crippen LogP contribution in [0.25, 0.3) is 11.1 Å². The zero-order valence-electron chi connectivity index (χ0n) is 16.0. The molecule has 0 saturated heterocycles. The van der Waals surface area contributed by atoms with Crippen molar-refractivity contribution < 1.29 is 9.90 Å². The lowest BCUT2D eigenvalue weighted by Gasteiger charge is -2.08. The zero-order chi connectivity index (χ0) is 20.6. The molecule has 1 atom stereocenters. The summed E-state index contributed by atoms with van der Waals surface area (Å²) < 4.78 is 0. The molecule has 3 rings (SSSR count). The second-order valence-electron chi connectivity index (χ2n) is 6.83. The molecule has 0 fully saturated rings. The number of carboxylic acids is 1. The fourth-order valence-corrected chi connectivity index (χ4v) is 3.51. The number of rotatable bonds is 10. The van der Waals surface area contributed by atoms with Crippen LogP contribution in [0.5, 0.6) is 0 Å². The summed E-state index contributed by atoms with van der Waals surface area (Å²) in [6, 6.07) is 14.9. The monoisotopic (exact) mass is 405 g/mol. The molecule has 148 valence electrons. The van der Waals surface area contributed by atoms with Crippen LogP contribution in [0.2, 0.25) is 0 Å². The highest BCUT2D eigenvalue weighted by Gasteiger charge is 2.16. The molecule has 0 radical (unpaired) electrons. The standard InChI is InChI=1S/C23H23N3O2S/c1-2-3-6-18(13-14-29)22-24-21(25-26-22)15-16-9-11-17(12-10-16)19-7-4-5-8-20(19)23(27)28/h2,4-5,7-12,14,18H,1,3,6,13,15H2,(H,27,28)(H,24,25,26).